The Bertz CT molecular complexity index is 1200. The van der Waals surface area contributed by atoms with Crippen LogP contribution in [0.15, 0.2) is 72.8 Å². The maximum atomic E-state index is 11.1. The number of carbonyl (C=O) groups is 1. The molecule has 0 bridgehead atoms. The van der Waals surface area contributed by atoms with E-state index in [4.69, 9.17) is 10.8 Å². The van der Waals surface area contributed by atoms with E-state index in [0.717, 1.165) is 13.0 Å². The van der Waals surface area contributed by atoms with Gasteiger partial charge in [0, 0.05) is 0 Å². The number of carboxylic acids is 1. The van der Waals surface area contributed by atoms with Gasteiger partial charge in [0.25, 0.3) is 0 Å². The number of nitrogens with two attached hydrogens (primary N) is 1. The fraction of sp³-hybridized carbons (Fsp3) is 0.125. The Kier molecular flexibility index (Phi) is 7.20. The molecule has 0 unspecified atom stereocenters. The first-order chi connectivity index (χ1) is 15.5. The van der Waals surface area contributed by atoms with E-state index in [0.29, 0.717) is 22.6 Å². The minimum absolute atomic E-state index is 0.0298. The van der Waals surface area contributed by atoms with E-state index in [2.05, 4.69) is 17.0 Å². The number of phenols is 2. The van der Waals surface area contributed by atoms with Crippen molar-refractivity contribution in [3.05, 3.63) is 78.4 Å². The molecule has 5 N–H and O–H groups in total. The molecule has 1 aromatic heterocycles. The third-order valence-electron chi connectivity index (χ3n) is 4.54. The van der Waals surface area contributed by atoms with Crippen LogP contribution in [0, 0.1) is 0 Å². The minimum atomic E-state index is -1.03. The third kappa shape index (κ3) is 4.93. The third-order valence-corrected chi connectivity index (χ3v) is 4.54. The Morgan fingerprint density at radius 1 is 0.906 bits per heavy atom. The second-order valence-corrected chi connectivity index (χ2v) is 6.85. The lowest BCUT2D eigenvalue weighted by molar-refractivity contribution is 0.0697. The van der Waals surface area contributed by atoms with Crippen LogP contribution in [0.25, 0.3) is 28.5 Å². The highest BCUT2D eigenvalue weighted by atomic mass is 16.4. The molecule has 0 amide bonds. The summed E-state index contributed by atoms with van der Waals surface area (Å²) in [6, 6.07) is 19.5. The highest BCUT2D eigenvalue weighted by Crippen LogP contribution is 2.33. The summed E-state index contributed by atoms with van der Waals surface area (Å²) in [7, 11) is 0. The molecule has 8 nitrogen and oxygen atoms in total. The summed E-state index contributed by atoms with van der Waals surface area (Å²) in [5, 5.41) is 34.0. The molecule has 0 saturated carbocycles. The summed E-state index contributed by atoms with van der Waals surface area (Å²) in [6.45, 7) is 2.88. The lowest BCUT2D eigenvalue weighted by atomic mass is 10.1. The van der Waals surface area contributed by atoms with Crippen LogP contribution in [0.2, 0.25) is 0 Å². The predicted octanol–water partition coefficient (Wildman–Crippen LogP) is 4.07. The average Bonchev–Trinajstić information content (AvgIpc) is 3.25. The van der Waals surface area contributed by atoms with Gasteiger partial charge < -0.3 is 21.1 Å². The first kappa shape index (κ1) is 22.5. The van der Waals surface area contributed by atoms with Crippen molar-refractivity contribution in [2.75, 3.05) is 6.54 Å². The van der Waals surface area contributed by atoms with Gasteiger partial charge in [-0.15, -0.1) is 5.10 Å². The van der Waals surface area contributed by atoms with E-state index >= 15 is 0 Å². The SMILES string of the molecule is CCCN.O=C(O)c1ccc(-n2nc(-c3ccccc3O)nc2-c2ccccc2O)cc1. The van der Waals surface area contributed by atoms with Crippen LogP contribution in [-0.2, 0) is 0 Å². The van der Waals surface area contributed by atoms with E-state index in [1.165, 1.54) is 22.9 Å². The van der Waals surface area contributed by atoms with Crippen molar-refractivity contribution >= 4 is 5.97 Å². The Hall–Kier alpha value is -4.17. The van der Waals surface area contributed by atoms with Gasteiger partial charge in [0.15, 0.2) is 11.6 Å². The Balaban J connectivity index is 0.000000668. The number of hydrogen-bond acceptors (Lipinski definition) is 6. The second-order valence-electron chi connectivity index (χ2n) is 6.85. The number of aromatic carboxylic acids is 1. The molecular formula is C24H24N4O4. The highest BCUT2D eigenvalue weighted by Gasteiger charge is 2.19. The molecule has 1 heterocycles. The molecule has 0 radical (unpaired) electrons. The van der Waals surface area contributed by atoms with Gasteiger partial charge in [-0.3, -0.25) is 0 Å². The number of rotatable bonds is 5. The maximum absolute atomic E-state index is 11.1. The number of benzene rings is 3. The molecule has 0 saturated heterocycles. The quantitative estimate of drug-likeness (QED) is 0.373. The van der Waals surface area contributed by atoms with Gasteiger partial charge in [-0.25, -0.2) is 14.5 Å². The van der Waals surface area contributed by atoms with Crippen LogP contribution in [-0.4, -0.2) is 42.6 Å². The maximum Gasteiger partial charge on any atom is 0.335 e. The number of nitrogens with zero attached hydrogens (tertiary/aromatic N) is 3. The van der Waals surface area contributed by atoms with E-state index in [1.807, 2.05) is 0 Å². The van der Waals surface area contributed by atoms with Crippen molar-refractivity contribution in [3.8, 4) is 40.0 Å². The number of aromatic hydroxyl groups is 2. The Morgan fingerprint density at radius 2 is 1.44 bits per heavy atom. The van der Waals surface area contributed by atoms with Crippen molar-refractivity contribution in [2.45, 2.75) is 13.3 Å². The predicted molar refractivity (Wildman–Crippen MR) is 122 cm³/mol. The van der Waals surface area contributed by atoms with Gasteiger partial charge in [0.1, 0.15) is 11.5 Å². The molecular weight excluding hydrogens is 408 g/mol. The van der Waals surface area contributed by atoms with Crippen LogP contribution < -0.4 is 5.73 Å². The van der Waals surface area contributed by atoms with E-state index < -0.39 is 5.97 Å². The van der Waals surface area contributed by atoms with Gasteiger partial charge in [-0.2, -0.15) is 0 Å². The second kappa shape index (κ2) is 10.2. The molecule has 8 heteroatoms. The zero-order chi connectivity index (χ0) is 23.1. The van der Waals surface area contributed by atoms with Crippen molar-refractivity contribution in [1.82, 2.24) is 14.8 Å². The number of aromatic nitrogens is 3. The fourth-order valence-electron chi connectivity index (χ4n) is 2.85. The summed E-state index contributed by atoms with van der Waals surface area (Å²) < 4.78 is 1.50. The van der Waals surface area contributed by atoms with Gasteiger partial charge >= 0.3 is 5.97 Å². The van der Waals surface area contributed by atoms with Gasteiger partial charge in [-0.1, -0.05) is 31.2 Å². The molecule has 0 aliphatic rings. The lowest BCUT2D eigenvalue weighted by Crippen LogP contribution is -2.02. The van der Waals surface area contributed by atoms with E-state index in [-0.39, 0.29) is 22.9 Å². The van der Waals surface area contributed by atoms with Crippen molar-refractivity contribution < 1.29 is 20.1 Å². The number of carboxylic acid groups (broad SMARTS) is 1. The van der Waals surface area contributed by atoms with Crippen molar-refractivity contribution in [3.63, 3.8) is 0 Å². The summed E-state index contributed by atoms with van der Waals surface area (Å²) >= 11 is 0. The molecule has 0 spiro atoms. The molecule has 4 rings (SSSR count). The zero-order valence-corrected chi connectivity index (χ0v) is 17.5. The van der Waals surface area contributed by atoms with Crippen LogP contribution in [0.1, 0.15) is 23.7 Å². The van der Waals surface area contributed by atoms with E-state index in [1.54, 1.807) is 54.6 Å². The van der Waals surface area contributed by atoms with Crippen molar-refractivity contribution in [1.29, 1.82) is 0 Å². The normalized spacial score (nSPS) is 10.3. The minimum Gasteiger partial charge on any atom is -0.507 e. The van der Waals surface area contributed by atoms with Crippen LogP contribution in [0.4, 0.5) is 0 Å². The standard InChI is InChI=1S/C21H15N3O4.C3H9N/c25-17-7-3-1-5-15(17)19-22-20(16-6-2-4-8-18(16)26)24(23-19)14-11-9-13(10-12-14)21(27)28;1-2-3-4/h1-12,25-26H,(H,27,28);2-4H2,1H3. The molecule has 164 valence electrons. The van der Waals surface area contributed by atoms with E-state index in [9.17, 15) is 15.0 Å². The smallest absolute Gasteiger partial charge is 0.335 e. The number of para-hydroxylation sites is 2. The summed E-state index contributed by atoms with van der Waals surface area (Å²) in [5.41, 5.74) is 6.64. The first-order valence-electron chi connectivity index (χ1n) is 10.0. The Labute approximate surface area is 185 Å². The monoisotopic (exact) mass is 432 g/mol. The molecule has 0 aliphatic carbocycles. The molecule has 4 aromatic rings. The molecule has 3 aromatic carbocycles. The molecule has 0 fully saturated rings. The number of phenolic OH excluding ortho intramolecular Hbond substituents is 2. The van der Waals surface area contributed by atoms with Gasteiger partial charge in [0.2, 0.25) is 0 Å². The molecule has 0 aliphatic heterocycles. The molecule has 32 heavy (non-hydrogen) atoms. The summed E-state index contributed by atoms with van der Waals surface area (Å²) in [4.78, 5) is 15.6. The number of hydrogen-bond donors (Lipinski definition) is 4. The van der Waals surface area contributed by atoms with Gasteiger partial charge in [-0.05, 0) is 61.5 Å². The van der Waals surface area contributed by atoms with Gasteiger partial charge in [0.05, 0.1) is 22.4 Å². The van der Waals surface area contributed by atoms with Crippen LogP contribution in [0.5, 0.6) is 11.5 Å². The summed E-state index contributed by atoms with van der Waals surface area (Å²) in [6.07, 6.45) is 1.10. The Morgan fingerprint density at radius 3 is 1.94 bits per heavy atom. The van der Waals surface area contributed by atoms with Crippen LogP contribution in [0.3, 0.4) is 0 Å². The van der Waals surface area contributed by atoms with Crippen LogP contribution >= 0.6 is 0 Å². The fourth-order valence-corrected chi connectivity index (χ4v) is 2.85. The zero-order valence-electron chi connectivity index (χ0n) is 17.5. The topological polar surface area (TPSA) is 134 Å². The largest absolute Gasteiger partial charge is 0.507 e. The highest BCUT2D eigenvalue weighted by molar-refractivity contribution is 5.87. The summed E-state index contributed by atoms with van der Waals surface area (Å²) in [5.74, 6) is -0.328. The first-order valence-corrected chi connectivity index (χ1v) is 10.0. The lowest BCUT2D eigenvalue weighted by Gasteiger charge is -2.07. The van der Waals surface area contributed by atoms with Crippen molar-refractivity contribution in [2.24, 2.45) is 5.73 Å². The average molecular weight is 432 g/mol. The molecule has 0 atom stereocenters.